The van der Waals surface area contributed by atoms with Crippen LogP contribution in [0.1, 0.15) is 31.2 Å². The molecule has 3 N–H and O–H groups in total. The third-order valence-electron chi connectivity index (χ3n) is 3.92. The van der Waals surface area contributed by atoms with Crippen LogP contribution in [0.5, 0.6) is 0 Å². The molecule has 0 aliphatic carbocycles. The summed E-state index contributed by atoms with van der Waals surface area (Å²) in [5, 5.41) is 8.96. The number of aryl methyl sites for hydroxylation is 1. The van der Waals surface area contributed by atoms with E-state index in [1.807, 2.05) is 30.3 Å². The number of para-hydroxylation sites is 1. The molecule has 2 aromatic carbocycles. The Balaban J connectivity index is 0.000000910. The van der Waals surface area contributed by atoms with Crippen molar-refractivity contribution in [2.75, 3.05) is 30.3 Å². The molecule has 2 rings (SSSR count). The van der Waals surface area contributed by atoms with Gasteiger partial charge in [-0.1, -0.05) is 42.3 Å². The Morgan fingerprint density at radius 3 is 2.11 bits per heavy atom. The summed E-state index contributed by atoms with van der Waals surface area (Å²) in [4.78, 5) is 10.2. The first-order valence-corrected chi connectivity index (χ1v) is 9.60. The third-order valence-corrected chi connectivity index (χ3v) is 3.92. The van der Waals surface area contributed by atoms with E-state index in [1.165, 1.54) is 30.5 Å². The van der Waals surface area contributed by atoms with Crippen LogP contribution in [-0.2, 0) is 11.2 Å². The van der Waals surface area contributed by atoms with Crippen molar-refractivity contribution in [1.29, 1.82) is 0 Å². The number of amides is 1. The van der Waals surface area contributed by atoms with Crippen LogP contribution in [0.2, 0.25) is 0 Å². The van der Waals surface area contributed by atoms with Gasteiger partial charge in [-0.2, -0.15) is 6.42 Å². The number of rotatable bonds is 12. The van der Waals surface area contributed by atoms with Gasteiger partial charge in [-0.05, 0) is 37.9 Å². The second-order valence-corrected chi connectivity index (χ2v) is 6.13. The van der Waals surface area contributed by atoms with Crippen molar-refractivity contribution < 1.29 is 23.7 Å². The van der Waals surface area contributed by atoms with Gasteiger partial charge in [0.05, 0.1) is 6.41 Å². The number of hydrogen-bond acceptors (Lipinski definition) is 3. The minimum absolute atomic E-state index is 0. The zero-order valence-electron chi connectivity index (χ0n) is 17.2. The number of anilines is 2. The molecular formula is C23H32LiN3O-2. The van der Waals surface area contributed by atoms with Crippen LogP contribution in [-0.4, -0.2) is 26.0 Å². The van der Waals surface area contributed by atoms with Gasteiger partial charge >= 0.3 is 18.9 Å². The van der Waals surface area contributed by atoms with Crippen LogP contribution in [0.4, 0.5) is 11.4 Å². The van der Waals surface area contributed by atoms with E-state index in [-0.39, 0.29) is 18.9 Å². The van der Waals surface area contributed by atoms with E-state index in [0.29, 0.717) is 0 Å². The molecule has 148 valence electrons. The van der Waals surface area contributed by atoms with E-state index in [2.05, 4.69) is 54.1 Å². The third kappa shape index (κ3) is 13.4. The Labute approximate surface area is 183 Å². The number of benzene rings is 2. The SMILES string of the molecule is O=[C-]Nc1ccc(CCCCCNc2ccccc2)cc1.[CH2-]CCNC[CH2-].[Li+]. The van der Waals surface area contributed by atoms with Gasteiger partial charge in [-0.25, -0.2) is 0 Å². The van der Waals surface area contributed by atoms with E-state index in [4.69, 9.17) is 0 Å². The maximum absolute atomic E-state index is 10.2. The Morgan fingerprint density at radius 2 is 1.54 bits per heavy atom. The Hall–Kier alpha value is -1.73. The summed E-state index contributed by atoms with van der Waals surface area (Å²) in [5.41, 5.74) is 3.29. The van der Waals surface area contributed by atoms with Gasteiger partial charge in [0, 0.05) is 12.2 Å². The van der Waals surface area contributed by atoms with Gasteiger partial charge in [0.1, 0.15) is 0 Å². The summed E-state index contributed by atoms with van der Waals surface area (Å²) in [6, 6.07) is 18.2. The fourth-order valence-electron chi connectivity index (χ4n) is 2.48. The Morgan fingerprint density at radius 1 is 0.821 bits per heavy atom. The van der Waals surface area contributed by atoms with E-state index < -0.39 is 0 Å². The summed E-state index contributed by atoms with van der Waals surface area (Å²) in [6.45, 7) is 10.0. The van der Waals surface area contributed by atoms with Gasteiger partial charge in [-0.3, -0.25) is 0 Å². The number of unbranched alkanes of at least 4 members (excludes halogenated alkanes) is 2. The molecule has 0 atom stereocenters. The molecule has 0 saturated heterocycles. The fraction of sp³-hybridized carbons (Fsp3) is 0.348. The zero-order valence-corrected chi connectivity index (χ0v) is 17.2. The normalized spacial score (nSPS) is 9.50. The maximum Gasteiger partial charge on any atom is 1.00 e. The first-order valence-electron chi connectivity index (χ1n) is 9.60. The molecule has 0 unspecified atom stereocenters. The van der Waals surface area contributed by atoms with E-state index in [0.717, 1.165) is 38.2 Å². The van der Waals surface area contributed by atoms with Crippen LogP contribution in [0, 0.1) is 13.8 Å². The van der Waals surface area contributed by atoms with Crippen LogP contribution in [0.15, 0.2) is 54.6 Å². The molecule has 0 aliphatic rings. The predicted molar refractivity (Wildman–Crippen MR) is 116 cm³/mol. The quantitative estimate of drug-likeness (QED) is 0.229. The van der Waals surface area contributed by atoms with Crippen LogP contribution < -0.4 is 34.8 Å². The standard InChI is InChI=1S/C18H21N2O.C5H11N.Li/c21-15-20-18-12-10-16(11-13-18)7-3-2-6-14-19-17-8-4-1-5-9-17;1-3-5-6-4-2;/h1,4-5,8-13,19H,2-3,6-7,14H2,(H,20,21);6H,1-5H2;/q-1;-2;+1. The van der Waals surface area contributed by atoms with Crippen LogP contribution in [0.3, 0.4) is 0 Å². The minimum atomic E-state index is 0. The Kier molecular flexibility index (Phi) is 17.5. The maximum atomic E-state index is 10.2. The summed E-state index contributed by atoms with van der Waals surface area (Å²) in [5.74, 6) is 0. The van der Waals surface area contributed by atoms with E-state index in [1.54, 1.807) is 6.41 Å². The molecule has 0 saturated carbocycles. The fourth-order valence-corrected chi connectivity index (χ4v) is 2.48. The van der Waals surface area contributed by atoms with Crippen molar-refractivity contribution in [3.63, 3.8) is 0 Å². The van der Waals surface area contributed by atoms with Crippen molar-refractivity contribution in [2.24, 2.45) is 0 Å². The van der Waals surface area contributed by atoms with Crippen molar-refractivity contribution in [3.05, 3.63) is 74.0 Å². The topological polar surface area (TPSA) is 53.2 Å². The monoisotopic (exact) mass is 373 g/mol. The van der Waals surface area contributed by atoms with Gasteiger partial charge in [0.2, 0.25) is 0 Å². The molecule has 1 amide bonds. The second kappa shape index (κ2) is 18.6. The molecule has 0 heterocycles. The molecule has 0 fully saturated rings. The van der Waals surface area contributed by atoms with E-state index in [9.17, 15) is 4.79 Å². The number of carbonyl (C=O) groups excluding carboxylic acids is 1. The molecule has 4 nitrogen and oxygen atoms in total. The van der Waals surface area contributed by atoms with Gasteiger partial charge in [0.15, 0.2) is 0 Å². The summed E-state index contributed by atoms with van der Waals surface area (Å²) in [7, 11) is 0. The van der Waals surface area contributed by atoms with Crippen LogP contribution >= 0.6 is 0 Å². The first kappa shape index (κ1) is 26.3. The molecule has 0 radical (unpaired) electrons. The molecule has 0 spiro atoms. The molecule has 0 aliphatic heterocycles. The van der Waals surface area contributed by atoms with E-state index >= 15 is 0 Å². The number of hydrogen-bond donors (Lipinski definition) is 3. The van der Waals surface area contributed by atoms with Crippen molar-refractivity contribution in [3.8, 4) is 0 Å². The van der Waals surface area contributed by atoms with Crippen molar-refractivity contribution in [2.45, 2.75) is 32.1 Å². The predicted octanol–water partition coefficient (Wildman–Crippen LogP) is 1.63. The van der Waals surface area contributed by atoms with Crippen LogP contribution in [0.25, 0.3) is 0 Å². The molecule has 2 aromatic rings. The first-order chi connectivity index (χ1) is 13.3. The average molecular weight is 373 g/mol. The van der Waals surface area contributed by atoms with Gasteiger partial charge < -0.3 is 34.6 Å². The smallest absolute Gasteiger partial charge is 0.490 e. The van der Waals surface area contributed by atoms with Gasteiger partial charge in [0.25, 0.3) is 0 Å². The molecule has 0 aromatic heterocycles. The second-order valence-electron chi connectivity index (χ2n) is 6.13. The zero-order chi connectivity index (χ0) is 19.6. The largest absolute Gasteiger partial charge is 1.00 e. The summed E-state index contributed by atoms with van der Waals surface area (Å²) < 4.78 is 0. The summed E-state index contributed by atoms with van der Waals surface area (Å²) >= 11 is 0. The summed E-state index contributed by atoms with van der Waals surface area (Å²) in [6.07, 6.45) is 7.28. The molecule has 5 heteroatoms. The average Bonchev–Trinajstić information content (AvgIpc) is 2.72. The molecular weight excluding hydrogens is 341 g/mol. The van der Waals surface area contributed by atoms with Crippen molar-refractivity contribution in [1.82, 2.24) is 5.32 Å². The molecule has 0 bridgehead atoms. The minimum Gasteiger partial charge on any atom is -0.490 e. The van der Waals surface area contributed by atoms with Gasteiger partial charge in [-0.15, -0.1) is 24.4 Å². The Bertz CT molecular complexity index is 587. The van der Waals surface area contributed by atoms with Crippen molar-refractivity contribution >= 4 is 17.8 Å². The molecule has 28 heavy (non-hydrogen) atoms. The number of nitrogens with one attached hydrogen (secondary N) is 3.